The molecule has 0 aliphatic heterocycles. The number of hydrogen-bond acceptors (Lipinski definition) is 1. The predicted octanol–water partition coefficient (Wildman–Crippen LogP) is 4.34. The molecule has 0 saturated carbocycles. The molecular weight excluding hydrogens is 205 g/mol. The number of allylic oxidation sites excluding steroid dienone is 4. The summed E-state index contributed by atoms with van der Waals surface area (Å²) in [5.74, 6) is -0.405. The Morgan fingerprint density at radius 3 is 2.33 bits per heavy atom. The Bertz CT molecular complexity index is 261. The van der Waals surface area contributed by atoms with Gasteiger partial charge in [-0.15, -0.1) is 13.2 Å². The first kappa shape index (κ1) is 13.8. The number of alkyl halides is 3. The standard InChI is InChI=1S/C11H15F3O/c1-4-6-10(5-2)8-7-9(3)15-11(12,13)14/h5,7-8H,3-4,6H2,1-2H3/b8-7-,10-5-. The Balaban J connectivity index is 4.22. The molecule has 0 aromatic heterocycles. The van der Waals surface area contributed by atoms with E-state index in [9.17, 15) is 13.2 Å². The van der Waals surface area contributed by atoms with Crippen LogP contribution in [0.5, 0.6) is 0 Å². The van der Waals surface area contributed by atoms with Crippen molar-refractivity contribution in [1.29, 1.82) is 0 Å². The van der Waals surface area contributed by atoms with Crippen LogP contribution in [0.3, 0.4) is 0 Å². The third-order valence-corrected chi connectivity index (χ3v) is 1.64. The SMILES string of the molecule is C=C(/C=C\C(=C/C)CCC)OC(F)(F)F. The summed E-state index contributed by atoms with van der Waals surface area (Å²) in [7, 11) is 0. The molecule has 0 aromatic carbocycles. The molecule has 0 spiro atoms. The summed E-state index contributed by atoms with van der Waals surface area (Å²) in [6, 6.07) is 0. The van der Waals surface area contributed by atoms with Gasteiger partial charge < -0.3 is 4.74 Å². The summed E-state index contributed by atoms with van der Waals surface area (Å²) in [5.41, 5.74) is 0.962. The Morgan fingerprint density at radius 1 is 1.33 bits per heavy atom. The van der Waals surface area contributed by atoms with Crippen molar-refractivity contribution in [3.05, 3.63) is 36.1 Å². The van der Waals surface area contributed by atoms with Gasteiger partial charge in [0.15, 0.2) is 0 Å². The molecule has 0 atom stereocenters. The Hall–Kier alpha value is -1.19. The van der Waals surface area contributed by atoms with E-state index in [-0.39, 0.29) is 0 Å². The van der Waals surface area contributed by atoms with Crippen molar-refractivity contribution in [2.75, 3.05) is 0 Å². The van der Waals surface area contributed by atoms with Crippen molar-refractivity contribution in [2.45, 2.75) is 33.1 Å². The number of hydrogen-bond donors (Lipinski definition) is 0. The highest BCUT2D eigenvalue weighted by atomic mass is 19.4. The van der Waals surface area contributed by atoms with Crippen molar-refractivity contribution in [2.24, 2.45) is 0 Å². The molecule has 4 heteroatoms. The molecule has 0 fully saturated rings. The molecule has 0 heterocycles. The topological polar surface area (TPSA) is 9.23 Å². The van der Waals surface area contributed by atoms with Crippen LogP contribution >= 0.6 is 0 Å². The van der Waals surface area contributed by atoms with E-state index < -0.39 is 12.1 Å². The molecule has 0 amide bonds. The lowest BCUT2D eigenvalue weighted by atomic mass is 10.1. The lowest BCUT2D eigenvalue weighted by Crippen LogP contribution is -2.11. The van der Waals surface area contributed by atoms with Gasteiger partial charge in [-0.3, -0.25) is 0 Å². The predicted molar refractivity (Wildman–Crippen MR) is 54.1 cm³/mol. The molecule has 0 saturated heterocycles. The fraction of sp³-hybridized carbons (Fsp3) is 0.455. The smallest absolute Gasteiger partial charge is 0.406 e. The summed E-state index contributed by atoms with van der Waals surface area (Å²) in [5, 5.41) is 0. The first-order valence-electron chi connectivity index (χ1n) is 4.67. The zero-order valence-electron chi connectivity index (χ0n) is 8.90. The highest BCUT2D eigenvalue weighted by Crippen LogP contribution is 2.20. The molecule has 0 radical (unpaired) electrons. The van der Waals surface area contributed by atoms with Crippen LogP contribution in [0.2, 0.25) is 0 Å². The van der Waals surface area contributed by atoms with Gasteiger partial charge >= 0.3 is 6.36 Å². The highest BCUT2D eigenvalue weighted by molar-refractivity contribution is 5.23. The normalized spacial score (nSPS) is 13.3. The van der Waals surface area contributed by atoms with Crippen LogP contribution in [-0.4, -0.2) is 6.36 Å². The third kappa shape index (κ3) is 7.85. The van der Waals surface area contributed by atoms with Gasteiger partial charge in [0, 0.05) is 0 Å². The minimum Gasteiger partial charge on any atom is -0.406 e. The first-order valence-corrected chi connectivity index (χ1v) is 4.67. The second-order valence-electron chi connectivity index (χ2n) is 2.96. The average Bonchev–Trinajstić information content (AvgIpc) is 2.09. The molecule has 0 unspecified atom stereocenters. The van der Waals surface area contributed by atoms with Gasteiger partial charge in [-0.1, -0.05) is 37.6 Å². The van der Waals surface area contributed by atoms with Crippen LogP contribution in [0.25, 0.3) is 0 Å². The average molecular weight is 220 g/mol. The van der Waals surface area contributed by atoms with Crippen molar-refractivity contribution in [3.63, 3.8) is 0 Å². The van der Waals surface area contributed by atoms with Crippen molar-refractivity contribution < 1.29 is 17.9 Å². The summed E-state index contributed by atoms with van der Waals surface area (Å²) >= 11 is 0. The Kier molecular flexibility index (Phi) is 5.82. The van der Waals surface area contributed by atoms with E-state index in [2.05, 4.69) is 11.3 Å². The van der Waals surface area contributed by atoms with E-state index in [0.29, 0.717) is 0 Å². The molecule has 0 rings (SSSR count). The summed E-state index contributed by atoms with van der Waals surface area (Å²) in [4.78, 5) is 0. The van der Waals surface area contributed by atoms with Gasteiger partial charge in [0.25, 0.3) is 0 Å². The Labute approximate surface area is 87.9 Å². The lowest BCUT2D eigenvalue weighted by Gasteiger charge is -2.07. The maximum absolute atomic E-state index is 11.7. The molecule has 0 N–H and O–H groups in total. The van der Waals surface area contributed by atoms with E-state index in [1.165, 1.54) is 6.08 Å². The van der Waals surface area contributed by atoms with E-state index in [4.69, 9.17) is 0 Å². The molecule has 15 heavy (non-hydrogen) atoms. The third-order valence-electron chi connectivity index (χ3n) is 1.64. The van der Waals surface area contributed by atoms with Gasteiger partial charge in [0.1, 0.15) is 5.76 Å². The van der Waals surface area contributed by atoms with Crippen LogP contribution in [0.4, 0.5) is 13.2 Å². The van der Waals surface area contributed by atoms with Crippen LogP contribution in [0.15, 0.2) is 36.1 Å². The van der Waals surface area contributed by atoms with E-state index in [1.807, 2.05) is 19.9 Å². The molecule has 86 valence electrons. The van der Waals surface area contributed by atoms with E-state index in [1.54, 1.807) is 6.08 Å². The monoisotopic (exact) mass is 220 g/mol. The van der Waals surface area contributed by atoms with Crippen LogP contribution < -0.4 is 0 Å². The molecule has 0 aliphatic carbocycles. The van der Waals surface area contributed by atoms with E-state index >= 15 is 0 Å². The maximum atomic E-state index is 11.7. The fourth-order valence-corrected chi connectivity index (χ4v) is 0.995. The number of ether oxygens (including phenoxy) is 1. The number of halogens is 3. The van der Waals surface area contributed by atoms with E-state index in [0.717, 1.165) is 18.4 Å². The zero-order chi connectivity index (χ0) is 11.9. The van der Waals surface area contributed by atoms with Gasteiger partial charge in [0.2, 0.25) is 0 Å². The first-order chi connectivity index (χ1) is 6.89. The van der Waals surface area contributed by atoms with Crippen molar-refractivity contribution >= 4 is 0 Å². The lowest BCUT2D eigenvalue weighted by molar-refractivity contribution is -0.303. The minimum absolute atomic E-state index is 0.405. The van der Waals surface area contributed by atoms with Gasteiger partial charge in [-0.05, 0) is 19.4 Å². The summed E-state index contributed by atoms with van der Waals surface area (Å²) in [6.07, 6.45) is 1.75. The van der Waals surface area contributed by atoms with Gasteiger partial charge in [-0.2, -0.15) is 0 Å². The van der Waals surface area contributed by atoms with Crippen molar-refractivity contribution in [3.8, 4) is 0 Å². The number of rotatable bonds is 5. The highest BCUT2D eigenvalue weighted by Gasteiger charge is 2.30. The second kappa shape index (κ2) is 6.32. The molecule has 0 aromatic rings. The van der Waals surface area contributed by atoms with Crippen LogP contribution in [0.1, 0.15) is 26.7 Å². The Morgan fingerprint density at radius 2 is 1.93 bits per heavy atom. The molecular formula is C11H15F3O. The molecule has 0 bridgehead atoms. The van der Waals surface area contributed by atoms with Crippen molar-refractivity contribution in [1.82, 2.24) is 0 Å². The quantitative estimate of drug-likeness (QED) is 0.494. The summed E-state index contributed by atoms with van der Waals surface area (Å²) < 4.78 is 38.8. The fourth-order valence-electron chi connectivity index (χ4n) is 0.995. The molecule has 1 nitrogen and oxygen atoms in total. The van der Waals surface area contributed by atoms with Gasteiger partial charge in [0.05, 0.1) is 0 Å². The minimum atomic E-state index is -4.66. The zero-order valence-corrected chi connectivity index (χ0v) is 8.90. The maximum Gasteiger partial charge on any atom is 0.573 e. The largest absolute Gasteiger partial charge is 0.573 e. The van der Waals surface area contributed by atoms with Crippen LogP contribution in [0, 0.1) is 0 Å². The van der Waals surface area contributed by atoms with Crippen LogP contribution in [-0.2, 0) is 4.74 Å². The van der Waals surface area contributed by atoms with Gasteiger partial charge in [-0.25, -0.2) is 0 Å². The molecule has 0 aliphatic rings. The summed E-state index contributed by atoms with van der Waals surface area (Å²) in [6.45, 7) is 6.98. The second-order valence-corrected chi connectivity index (χ2v) is 2.96.